The Balaban J connectivity index is 1.67. The van der Waals surface area contributed by atoms with E-state index in [1.165, 1.54) is 11.8 Å². The highest BCUT2D eigenvalue weighted by Crippen LogP contribution is 2.31. The van der Waals surface area contributed by atoms with E-state index in [9.17, 15) is 4.79 Å². The molecule has 0 aliphatic carbocycles. The summed E-state index contributed by atoms with van der Waals surface area (Å²) in [6.07, 6.45) is 3.49. The number of para-hydroxylation sites is 2. The van der Waals surface area contributed by atoms with Gasteiger partial charge in [-0.15, -0.1) is 10.2 Å². The maximum Gasteiger partial charge on any atom is 0.237 e. The van der Waals surface area contributed by atoms with Crippen LogP contribution in [0.4, 0.5) is 5.69 Å². The molecule has 2 heterocycles. The van der Waals surface area contributed by atoms with Crippen molar-refractivity contribution >= 4 is 23.4 Å². The van der Waals surface area contributed by atoms with Crippen LogP contribution < -0.4 is 5.32 Å². The lowest BCUT2D eigenvalue weighted by atomic mass is 10.2. The first-order chi connectivity index (χ1) is 15.0. The second-order valence-corrected chi connectivity index (χ2v) is 8.54. The zero-order chi connectivity index (χ0) is 21.8. The number of aryl methyl sites for hydroxylation is 2. The molecule has 0 aliphatic rings. The summed E-state index contributed by atoms with van der Waals surface area (Å²) in [7, 11) is 0. The molecule has 0 saturated carbocycles. The number of pyridine rings is 1. The van der Waals surface area contributed by atoms with Crippen LogP contribution in [-0.2, 0) is 4.79 Å². The van der Waals surface area contributed by atoms with Crippen molar-refractivity contribution in [3.8, 4) is 17.1 Å². The van der Waals surface area contributed by atoms with Crippen molar-refractivity contribution in [2.24, 2.45) is 0 Å². The van der Waals surface area contributed by atoms with Crippen LogP contribution in [0, 0.1) is 13.8 Å². The molecule has 4 aromatic rings. The first kappa shape index (κ1) is 20.8. The van der Waals surface area contributed by atoms with Crippen LogP contribution in [0.25, 0.3) is 17.1 Å². The largest absolute Gasteiger partial charge is 0.325 e. The molecular weight excluding hydrogens is 406 g/mol. The minimum absolute atomic E-state index is 0.0819. The topological polar surface area (TPSA) is 72.7 Å². The first-order valence-corrected chi connectivity index (χ1v) is 10.9. The van der Waals surface area contributed by atoms with Crippen molar-refractivity contribution in [3.63, 3.8) is 0 Å². The van der Waals surface area contributed by atoms with E-state index in [1.807, 2.05) is 86.0 Å². The summed E-state index contributed by atoms with van der Waals surface area (Å²) in [6.45, 7) is 5.90. The van der Waals surface area contributed by atoms with Gasteiger partial charge in [0.05, 0.1) is 10.9 Å². The maximum absolute atomic E-state index is 12.9. The highest BCUT2D eigenvalue weighted by molar-refractivity contribution is 8.00. The third kappa shape index (κ3) is 4.51. The summed E-state index contributed by atoms with van der Waals surface area (Å²) in [6, 6.07) is 19.6. The number of nitrogens with one attached hydrogen (secondary N) is 1. The second-order valence-electron chi connectivity index (χ2n) is 7.23. The number of carbonyl (C=O) groups excluding carboxylic acids is 1. The number of nitrogens with zero attached hydrogens (tertiary/aromatic N) is 4. The Morgan fingerprint density at radius 2 is 1.71 bits per heavy atom. The molecule has 0 fully saturated rings. The maximum atomic E-state index is 12.9. The van der Waals surface area contributed by atoms with E-state index < -0.39 is 0 Å². The van der Waals surface area contributed by atoms with Gasteiger partial charge in [0.15, 0.2) is 11.0 Å². The third-order valence-electron chi connectivity index (χ3n) is 4.96. The summed E-state index contributed by atoms with van der Waals surface area (Å²) in [5, 5.41) is 12.2. The minimum atomic E-state index is -0.367. The molecule has 0 spiro atoms. The summed E-state index contributed by atoms with van der Waals surface area (Å²) in [5.41, 5.74) is 4.76. The fraction of sp³-hybridized carbons (Fsp3) is 0.167. The number of aromatic nitrogens is 4. The van der Waals surface area contributed by atoms with Crippen molar-refractivity contribution in [2.75, 3.05) is 5.32 Å². The monoisotopic (exact) mass is 429 g/mol. The van der Waals surface area contributed by atoms with E-state index in [-0.39, 0.29) is 11.2 Å². The molecule has 7 heteroatoms. The summed E-state index contributed by atoms with van der Waals surface area (Å²) in [5.74, 6) is 0.609. The molecule has 2 aromatic carbocycles. The van der Waals surface area contributed by atoms with Crippen LogP contribution in [0.1, 0.15) is 18.1 Å². The fourth-order valence-electron chi connectivity index (χ4n) is 3.22. The molecule has 0 bridgehead atoms. The van der Waals surface area contributed by atoms with Crippen LogP contribution in [-0.4, -0.2) is 30.9 Å². The number of thioether (sulfide) groups is 1. The van der Waals surface area contributed by atoms with Crippen molar-refractivity contribution in [1.29, 1.82) is 0 Å². The Hall–Kier alpha value is -3.45. The van der Waals surface area contributed by atoms with Gasteiger partial charge in [-0.05, 0) is 56.2 Å². The predicted molar refractivity (Wildman–Crippen MR) is 124 cm³/mol. The van der Waals surface area contributed by atoms with Crippen molar-refractivity contribution in [2.45, 2.75) is 31.2 Å². The lowest BCUT2D eigenvalue weighted by Gasteiger charge is -2.16. The third-order valence-corrected chi connectivity index (χ3v) is 6.01. The van der Waals surface area contributed by atoms with Crippen LogP contribution in [0.2, 0.25) is 0 Å². The van der Waals surface area contributed by atoms with E-state index in [2.05, 4.69) is 20.5 Å². The first-order valence-electron chi connectivity index (χ1n) is 9.99. The van der Waals surface area contributed by atoms with Gasteiger partial charge in [-0.25, -0.2) is 0 Å². The number of benzene rings is 2. The quantitative estimate of drug-likeness (QED) is 0.434. The molecule has 0 aliphatic heterocycles. The van der Waals surface area contributed by atoms with Crippen LogP contribution in [0.5, 0.6) is 0 Å². The zero-order valence-corrected chi connectivity index (χ0v) is 18.4. The van der Waals surface area contributed by atoms with Gasteiger partial charge < -0.3 is 5.32 Å². The molecule has 31 heavy (non-hydrogen) atoms. The van der Waals surface area contributed by atoms with Gasteiger partial charge in [0.25, 0.3) is 0 Å². The van der Waals surface area contributed by atoms with Gasteiger partial charge in [-0.2, -0.15) is 0 Å². The van der Waals surface area contributed by atoms with Crippen LogP contribution >= 0.6 is 11.8 Å². The van der Waals surface area contributed by atoms with Crippen LogP contribution in [0.15, 0.2) is 78.2 Å². The van der Waals surface area contributed by atoms with E-state index in [0.29, 0.717) is 11.0 Å². The van der Waals surface area contributed by atoms with E-state index in [0.717, 1.165) is 28.1 Å². The molecular formula is C24H23N5OS. The summed E-state index contributed by atoms with van der Waals surface area (Å²) in [4.78, 5) is 17.1. The molecule has 1 N–H and O–H groups in total. The van der Waals surface area contributed by atoms with Crippen molar-refractivity contribution < 1.29 is 4.79 Å². The Morgan fingerprint density at radius 3 is 2.42 bits per heavy atom. The smallest absolute Gasteiger partial charge is 0.237 e. The molecule has 2 aromatic heterocycles. The Bertz CT molecular complexity index is 1210. The SMILES string of the molecule is Cc1ccccc1NC(=O)C(C)Sc1nnc(-c2cccnc2)n1-c1ccccc1C. The van der Waals surface area contributed by atoms with Crippen molar-refractivity contribution in [1.82, 2.24) is 19.7 Å². The second kappa shape index (κ2) is 9.14. The van der Waals surface area contributed by atoms with Gasteiger partial charge >= 0.3 is 0 Å². The van der Waals surface area contributed by atoms with Gasteiger partial charge in [0, 0.05) is 23.6 Å². The Labute approximate surface area is 185 Å². The van der Waals surface area contributed by atoms with Crippen molar-refractivity contribution in [3.05, 3.63) is 84.2 Å². The Morgan fingerprint density at radius 1 is 0.968 bits per heavy atom. The average Bonchev–Trinajstić information content (AvgIpc) is 3.19. The highest BCUT2D eigenvalue weighted by atomic mass is 32.2. The lowest BCUT2D eigenvalue weighted by molar-refractivity contribution is -0.115. The van der Waals surface area contributed by atoms with Gasteiger partial charge in [0.2, 0.25) is 5.91 Å². The number of anilines is 1. The molecule has 0 saturated heterocycles. The normalized spacial score (nSPS) is 11.8. The van der Waals surface area contributed by atoms with E-state index in [1.54, 1.807) is 12.4 Å². The zero-order valence-electron chi connectivity index (χ0n) is 17.6. The van der Waals surface area contributed by atoms with E-state index in [4.69, 9.17) is 0 Å². The minimum Gasteiger partial charge on any atom is -0.325 e. The molecule has 4 rings (SSSR count). The Kier molecular flexibility index (Phi) is 6.13. The molecule has 1 atom stereocenters. The predicted octanol–water partition coefficient (Wildman–Crippen LogP) is 5.07. The highest BCUT2D eigenvalue weighted by Gasteiger charge is 2.23. The molecule has 1 unspecified atom stereocenters. The molecule has 1 amide bonds. The number of amides is 1. The molecule has 156 valence electrons. The summed E-state index contributed by atoms with van der Waals surface area (Å²) >= 11 is 1.38. The standard InChI is InChI=1S/C24H23N5OS/c1-16-9-4-6-12-20(16)26-23(30)18(3)31-24-28-27-22(19-11-8-14-25-15-19)29(24)21-13-7-5-10-17(21)2/h4-15,18H,1-3H3,(H,26,30). The van der Waals surface area contributed by atoms with Crippen LogP contribution in [0.3, 0.4) is 0 Å². The number of rotatable bonds is 6. The average molecular weight is 430 g/mol. The summed E-state index contributed by atoms with van der Waals surface area (Å²) < 4.78 is 1.99. The lowest BCUT2D eigenvalue weighted by Crippen LogP contribution is -2.23. The number of hydrogen-bond donors (Lipinski definition) is 1. The van der Waals surface area contributed by atoms with Gasteiger partial charge in [-0.1, -0.05) is 48.2 Å². The molecule has 6 nitrogen and oxygen atoms in total. The van der Waals surface area contributed by atoms with E-state index >= 15 is 0 Å². The fourth-order valence-corrected chi connectivity index (χ4v) is 4.08. The van der Waals surface area contributed by atoms with Gasteiger partial charge in [-0.3, -0.25) is 14.3 Å². The van der Waals surface area contributed by atoms with Gasteiger partial charge in [0.1, 0.15) is 0 Å². The number of hydrogen-bond acceptors (Lipinski definition) is 5. The molecule has 0 radical (unpaired) electrons. The number of carbonyl (C=O) groups is 1.